The summed E-state index contributed by atoms with van der Waals surface area (Å²) < 4.78 is 19.6. The van der Waals surface area contributed by atoms with E-state index < -0.39 is 29.2 Å². The van der Waals surface area contributed by atoms with Crippen molar-refractivity contribution in [3.63, 3.8) is 0 Å². The zero-order valence-electron chi connectivity index (χ0n) is 15.6. The number of anilines is 2. The third kappa shape index (κ3) is 2.90. The van der Waals surface area contributed by atoms with Gasteiger partial charge in [-0.25, -0.2) is 0 Å². The van der Waals surface area contributed by atoms with Crippen molar-refractivity contribution in [1.82, 2.24) is 5.32 Å². The minimum absolute atomic E-state index is 0.122. The molecule has 9 heteroatoms. The van der Waals surface area contributed by atoms with Gasteiger partial charge in [-0.3, -0.25) is 14.4 Å². The predicted molar refractivity (Wildman–Crippen MR) is 103 cm³/mol. The zero-order valence-corrected chi connectivity index (χ0v) is 15.6. The molecule has 0 aliphatic carbocycles. The van der Waals surface area contributed by atoms with E-state index in [1.54, 1.807) is 24.3 Å². The Morgan fingerprint density at radius 3 is 2.79 bits per heavy atom. The van der Waals surface area contributed by atoms with Crippen LogP contribution in [0.2, 0.25) is 0 Å². The van der Waals surface area contributed by atoms with Crippen molar-refractivity contribution in [3.05, 3.63) is 53.6 Å². The monoisotopic (exact) mass is 398 g/mol. The molecule has 4 rings (SSSR count). The largest absolute Gasteiger partial charge is 0.495 e. The fourth-order valence-corrected chi connectivity index (χ4v) is 3.97. The van der Waals surface area contributed by atoms with Crippen LogP contribution in [0.3, 0.4) is 0 Å². The van der Waals surface area contributed by atoms with Crippen LogP contribution < -0.4 is 26.2 Å². The molecule has 2 aliphatic rings. The van der Waals surface area contributed by atoms with Crippen LogP contribution in [0, 0.1) is 0 Å². The summed E-state index contributed by atoms with van der Waals surface area (Å²) in [6.45, 7) is 0.152. The van der Waals surface area contributed by atoms with Gasteiger partial charge in [0.25, 0.3) is 5.91 Å². The van der Waals surface area contributed by atoms with Gasteiger partial charge >= 0.3 is 0 Å². The van der Waals surface area contributed by atoms with Gasteiger partial charge < -0.3 is 21.1 Å². The first-order valence-corrected chi connectivity index (χ1v) is 8.99. The number of nitrogens with zero attached hydrogens (tertiary/aromatic N) is 1. The number of ether oxygens (including phenoxy) is 1. The smallest absolute Gasteiger partial charge is 0.267 e. The number of nitrogens with one attached hydrogen (secondary N) is 2. The topological polar surface area (TPSA) is 114 Å². The Balaban J connectivity index is 1.56. The molecule has 0 saturated carbocycles. The first-order valence-electron chi connectivity index (χ1n) is 8.99. The second-order valence-corrected chi connectivity index (χ2v) is 7.09. The van der Waals surface area contributed by atoms with Crippen molar-refractivity contribution < 1.29 is 23.6 Å². The Labute approximate surface area is 165 Å². The minimum atomic E-state index is -1.12. The summed E-state index contributed by atoms with van der Waals surface area (Å²) in [5.74, 6) is -1.41. The molecule has 0 radical (unpaired) electrons. The molecule has 0 bridgehead atoms. The summed E-state index contributed by atoms with van der Waals surface area (Å²) in [6.07, 6.45) is 0.122. The Kier molecular flexibility index (Phi) is 4.46. The van der Waals surface area contributed by atoms with Crippen LogP contribution in [-0.4, -0.2) is 37.4 Å². The van der Waals surface area contributed by atoms with Gasteiger partial charge in [-0.05, 0) is 36.2 Å². The van der Waals surface area contributed by atoms with Crippen molar-refractivity contribution in [1.29, 1.82) is 0 Å². The van der Waals surface area contributed by atoms with Crippen LogP contribution in [0.5, 0.6) is 5.75 Å². The number of carbonyl (C=O) groups excluding carboxylic acids is 3. The molecule has 2 aromatic rings. The molecule has 4 N–H and O–H groups in total. The minimum Gasteiger partial charge on any atom is -0.495 e. The quantitative estimate of drug-likeness (QED) is 0.671. The van der Waals surface area contributed by atoms with E-state index in [4.69, 9.17) is 10.5 Å². The molecule has 2 atom stereocenters. The molecule has 150 valence electrons. The van der Waals surface area contributed by atoms with Gasteiger partial charge in [-0.15, -0.1) is 5.12 Å². The van der Waals surface area contributed by atoms with Crippen molar-refractivity contribution in [2.24, 2.45) is 5.73 Å². The maximum absolute atomic E-state index is 14.4. The van der Waals surface area contributed by atoms with Gasteiger partial charge in [0.2, 0.25) is 11.8 Å². The lowest BCUT2D eigenvalue weighted by Crippen LogP contribution is -2.39. The highest BCUT2D eigenvalue weighted by atomic mass is 19.2. The van der Waals surface area contributed by atoms with Crippen LogP contribution >= 0.6 is 0 Å². The number of carbonyl (C=O) groups is 3. The van der Waals surface area contributed by atoms with Gasteiger partial charge in [0.1, 0.15) is 5.75 Å². The molecule has 2 aliphatic heterocycles. The second kappa shape index (κ2) is 6.85. The Hall–Kier alpha value is -3.46. The van der Waals surface area contributed by atoms with Crippen molar-refractivity contribution >= 4 is 29.1 Å². The fraction of sp³-hybridized carbons (Fsp3) is 0.250. The molecule has 3 amide bonds. The molecule has 1 saturated heterocycles. The van der Waals surface area contributed by atoms with Crippen LogP contribution in [0.1, 0.15) is 22.3 Å². The summed E-state index contributed by atoms with van der Waals surface area (Å²) in [6, 6.07) is 10.4. The summed E-state index contributed by atoms with van der Waals surface area (Å²) in [5.41, 5.74) is 5.52. The van der Waals surface area contributed by atoms with Crippen LogP contribution in [0.25, 0.3) is 0 Å². The average Bonchev–Trinajstić information content (AvgIpc) is 3.26. The van der Waals surface area contributed by atoms with E-state index in [0.717, 1.165) is 0 Å². The van der Waals surface area contributed by atoms with Crippen LogP contribution in [0.4, 0.5) is 15.9 Å². The van der Waals surface area contributed by atoms with Gasteiger partial charge in [0.15, 0.2) is 0 Å². The number of methoxy groups -OCH3 is 1. The van der Waals surface area contributed by atoms with Gasteiger partial charge in [0, 0.05) is 12.1 Å². The van der Waals surface area contributed by atoms with Gasteiger partial charge in [0.05, 0.1) is 29.9 Å². The standard InChI is InChI=1S/C20H19FN4O4/c1-29-16-8-11(17(22)26)6-7-13(16)24-18(27)14-9-20(10-23-14)12-4-2-3-5-15(12)25(21)19(20)28/h2-8,14,23H,9-10H2,1H3,(H2,22,26)(H,24,27). The molecular formula is C20H19FN4O4. The van der Waals surface area contributed by atoms with E-state index in [0.29, 0.717) is 11.3 Å². The van der Waals surface area contributed by atoms with E-state index in [1.165, 1.54) is 25.3 Å². The van der Waals surface area contributed by atoms with E-state index in [9.17, 15) is 18.9 Å². The molecule has 2 aromatic carbocycles. The van der Waals surface area contributed by atoms with E-state index in [-0.39, 0.29) is 35.1 Å². The first kappa shape index (κ1) is 18.9. The number of hydrogen-bond acceptors (Lipinski definition) is 5. The van der Waals surface area contributed by atoms with Crippen LogP contribution in [0.15, 0.2) is 42.5 Å². The lowest BCUT2D eigenvalue weighted by molar-refractivity contribution is -0.125. The number of hydrogen-bond donors (Lipinski definition) is 3. The average molecular weight is 398 g/mol. The maximum atomic E-state index is 14.4. The molecule has 0 aromatic heterocycles. The first-order chi connectivity index (χ1) is 13.9. The SMILES string of the molecule is COc1cc(C(N)=O)ccc1NC(=O)C1CC2(CN1)C(=O)N(F)c1ccccc12. The normalized spacial score (nSPS) is 22.6. The van der Waals surface area contributed by atoms with Gasteiger partial charge in [-0.2, -0.15) is 0 Å². The highest BCUT2D eigenvalue weighted by Crippen LogP contribution is 2.46. The van der Waals surface area contributed by atoms with Crippen LogP contribution in [-0.2, 0) is 15.0 Å². The number of para-hydroxylation sites is 1. The number of primary amides is 1. The van der Waals surface area contributed by atoms with Crippen molar-refractivity contribution in [2.75, 3.05) is 24.1 Å². The van der Waals surface area contributed by atoms with E-state index >= 15 is 0 Å². The Bertz CT molecular complexity index is 1030. The lowest BCUT2D eigenvalue weighted by atomic mass is 9.79. The molecule has 2 heterocycles. The summed E-state index contributed by atoms with van der Waals surface area (Å²) >= 11 is 0. The number of halogens is 1. The second-order valence-electron chi connectivity index (χ2n) is 7.09. The molecular weight excluding hydrogens is 379 g/mol. The van der Waals surface area contributed by atoms with Crippen molar-refractivity contribution in [2.45, 2.75) is 17.9 Å². The Morgan fingerprint density at radius 1 is 1.31 bits per heavy atom. The molecule has 2 unspecified atom stereocenters. The number of rotatable bonds is 4. The zero-order chi connectivity index (χ0) is 20.8. The number of nitrogens with two attached hydrogens (primary N) is 1. The molecule has 1 spiro atoms. The fourth-order valence-electron chi connectivity index (χ4n) is 3.97. The molecule has 8 nitrogen and oxygen atoms in total. The number of benzene rings is 2. The summed E-state index contributed by atoms with van der Waals surface area (Å²) in [7, 11) is 1.41. The highest BCUT2D eigenvalue weighted by Gasteiger charge is 2.56. The van der Waals surface area contributed by atoms with Crippen molar-refractivity contribution in [3.8, 4) is 5.75 Å². The summed E-state index contributed by atoms with van der Waals surface area (Å²) in [5, 5.41) is 5.91. The van der Waals surface area contributed by atoms with E-state index in [2.05, 4.69) is 10.6 Å². The highest BCUT2D eigenvalue weighted by molar-refractivity contribution is 6.08. The number of fused-ring (bicyclic) bond motifs is 2. The lowest BCUT2D eigenvalue weighted by Gasteiger charge is -2.20. The predicted octanol–water partition coefficient (Wildman–Crippen LogP) is 1.26. The molecule has 1 fully saturated rings. The third-order valence-electron chi connectivity index (χ3n) is 5.48. The molecule has 29 heavy (non-hydrogen) atoms. The maximum Gasteiger partial charge on any atom is 0.267 e. The third-order valence-corrected chi connectivity index (χ3v) is 5.48. The van der Waals surface area contributed by atoms with E-state index in [1.807, 2.05) is 0 Å². The summed E-state index contributed by atoms with van der Waals surface area (Å²) in [4.78, 5) is 36.7. The Morgan fingerprint density at radius 2 is 2.07 bits per heavy atom. The van der Waals surface area contributed by atoms with Gasteiger partial charge in [-0.1, -0.05) is 22.7 Å². The number of amides is 3.